The second kappa shape index (κ2) is 9.48. The first-order valence-electron chi connectivity index (χ1n) is 12.9. The smallest absolute Gasteiger partial charge is 0.278 e. The van der Waals surface area contributed by atoms with Gasteiger partial charge in [0.25, 0.3) is 5.56 Å². The highest BCUT2D eigenvalue weighted by atomic mass is 16.1. The van der Waals surface area contributed by atoms with Gasteiger partial charge in [0.05, 0.1) is 17.4 Å². The fourth-order valence-electron chi connectivity index (χ4n) is 5.00. The Morgan fingerprint density at radius 1 is 1.11 bits per heavy atom. The van der Waals surface area contributed by atoms with Gasteiger partial charge < -0.3 is 10.6 Å². The number of nitrogens with one attached hydrogen (secondary N) is 2. The molecular formula is C27H32N8O. The van der Waals surface area contributed by atoms with Crippen LogP contribution in [0.2, 0.25) is 0 Å². The van der Waals surface area contributed by atoms with E-state index in [1.807, 2.05) is 21.6 Å². The van der Waals surface area contributed by atoms with Gasteiger partial charge in [-0.15, -0.1) is 0 Å². The standard InChI is InChI=1S/C27H32N8O/c1-3-33(4-2)17-21-14-23(10-12-29-21)34-25-24(26(36)35(34)22-7-8-22)16-30-27(32-25)31-20-6-5-18-9-11-28-15-19(18)13-20/h5-6,10,12-14,16,22,28H,3-4,7-9,11,15,17H2,1-2H3,(H,30,31,32). The number of rotatable bonds is 8. The van der Waals surface area contributed by atoms with Crippen LogP contribution < -0.4 is 16.2 Å². The highest BCUT2D eigenvalue weighted by Crippen LogP contribution is 2.35. The van der Waals surface area contributed by atoms with E-state index < -0.39 is 0 Å². The maximum absolute atomic E-state index is 13.4. The molecule has 1 aliphatic carbocycles. The van der Waals surface area contributed by atoms with Crippen LogP contribution in [0.1, 0.15) is 49.6 Å². The van der Waals surface area contributed by atoms with Crippen molar-refractivity contribution in [3.05, 3.63) is 69.9 Å². The molecule has 0 spiro atoms. The van der Waals surface area contributed by atoms with Crippen LogP contribution in [-0.4, -0.2) is 48.8 Å². The van der Waals surface area contributed by atoms with Crippen LogP contribution in [0.15, 0.2) is 47.5 Å². The Morgan fingerprint density at radius 3 is 2.78 bits per heavy atom. The summed E-state index contributed by atoms with van der Waals surface area (Å²) >= 11 is 0. The van der Waals surface area contributed by atoms with Crippen molar-refractivity contribution >= 4 is 22.7 Å². The van der Waals surface area contributed by atoms with E-state index >= 15 is 0 Å². The molecule has 6 rings (SSSR count). The van der Waals surface area contributed by atoms with Crippen molar-refractivity contribution < 1.29 is 0 Å². The third-order valence-corrected chi connectivity index (χ3v) is 7.19. The van der Waals surface area contributed by atoms with Crippen molar-refractivity contribution in [2.24, 2.45) is 0 Å². The summed E-state index contributed by atoms with van der Waals surface area (Å²) < 4.78 is 3.82. The quantitative estimate of drug-likeness (QED) is 0.395. The Kier molecular flexibility index (Phi) is 6.02. The van der Waals surface area contributed by atoms with Gasteiger partial charge in [-0.1, -0.05) is 19.9 Å². The average molecular weight is 485 g/mol. The molecule has 3 aromatic heterocycles. The number of fused-ring (bicyclic) bond motifs is 2. The first-order chi connectivity index (χ1) is 17.6. The highest BCUT2D eigenvalue weighted by molar-refractivity contribution is 5.77. The lowest BCUT2D eigenvalue weighted by molar-refractivity contribution is 0.292. The molecule has 0 atom stereocenters. The molecule has 4 aromatic rings. The maximum atomic E-state index is 13.4. The second-order valence-electron chi connectivity index (χ2n) is 9.63. The molecular weight excluding hydrogens is 452 g/mol. The molecule has 4 heterocycles. The van der Waals surface area contributed by atoms with Gasteiger partial charge in [0, 0.05) is 31.2 Å². The Labute approximate surface area is 210 Å². The van der Waals surface area contributed by atoms with E-state index in [-0.39, 0.29) is 11.6 Å². The summed E-state index contributed by atoms with van der Waals surface area (Å²) in [5.41, 5.74) is 6.06. The van der Waals surface area contributed by atoms with Crippen molar-refractivity contribution in [3.63, 3.8) is 0 Å². The molecule has 1 aromatic carbocycles. The van der Waals surface area contributed by atoms with Crippen LogP contribution in [0.4, 0.5) is 11.6 Å². The van der Waals surface area contributed by atoms with Crippen LogP contribution in [0.5, 0.6) is 0 Å². The largest absolute Gasteiger partial charge is 0.324 e. The highest BCUT2D eigenvalue weighted by Gasteiger charge is 2.31. The summed E-state index contributed by atoms with van der Waals surface area (Å²) in [6, 6.07) is 10.6. The fourth-order valence-corrected chi connectivity index (χ4v) is 5.00. The van der Waals surface area contributed by atoms with Gasteiger partial charge in [-0.2, -0.15) is 4.98 Å². The van der Waals surface area contributed by atoms with Crippen LogP contribution in [0.3, 0.4) is 0 Å². The zero-order valence-corrected chi connectivity index (χ0v) is 20.9. The van der Waals surface area contributed by atoms with E-state index in [0.717, 1.165) is 69.1 Å². The molecule has 9 nitrogen and oxygen atoms in total. The lowest BCUT2D eigenvalue weighted by Crippen LogP contribution is -2.23. The fraction of sp³-hybridized carbons (Fsp3) is 0.407. The van der Waals surface area contributed by atoms with Crippen LogP contribution in [-0.2, 0) is 19.5 Å². The molecule has 0 unspecified atom stereocenters. The van der Waals surface area contributed by atoms with Crippen molar-refractivity contribution in [2.45, 2.75) is 52.2 Å². The Bertz CT molecular complexity index is 1460. The van der Waals surface area contributed by atoms with Gasteiger partial charge in [0.2, 0.25) is 5.95 Å². The number of aromatic nitrogens is 5. The third kappa shape index (κ3) is 4.29. The van der Waals surface area contributed by atoms with Crippen molar-refractivity contribution in [1.29, 1.82) is 0 Å². The summed E-state index contributed by atoms with van der Waals surface area (Å²) in [6.07, 6.45) is 6.51. The zero-order chi connectivity index (χ0) is 24.6. The molecule has 0 bridgehead atoms. The van der Waals surface area contributed by atoms with Crippen molar-refractivity contribution in [1.82, 2.24) is 34.5 Å². The maximum Gasteiger partial charge on any atom is 0.278 e. The van der Waals surface area contributed by atoms with Gasteiger partial charge in [-0.3, -0.25) is 14.7 Å². The van der Waals surface area contributed by atoms with Gasteiger partial charge in [0.15, 0.2) is 5.65 Å². The first kappa shape index (κ1) is 22.9. The summed E-state index contributed by atoms with van der Waals surface area (Å²) in [6.45, 7) is 8.88. The molecule has 0 amide bonds. The van der Waals surface area contributed by atoms with Gasteiger partial charge in [-0.05, 0) is 74.3 Å². The Balaban J connectivity index is 1.41. The molecule has 1 saturated carbocycles. The molecule has 1 aliphatic heterocycles. The average Bonchev–Trinajstić information content (AvgIpc) is 3.71. The van der Waals surface area contributed by atoms with E-state index in [4.69, 9.17) is 4.98 Å². The third-order valence-electron chi connectivity index (χ3n) is 7.19. The topological polar surface area (TPSA) is 92.9 Å². The van der Waals surface area contributed by atoms with E-state index in [0.29, 0.717) is 17.0 Å². The molecule has 2 aliphatic rings. The Hall–Kier alpha value is -3.56. The first-order valence-corrected chi connectivity index (χ1v) is 12.9. The summed E-state index contributed by atoms with van der Waals surface area (Å²) in [5.74, 6) is 0.477. The monoisotopic (exact) mass is 484 g/mol. The number of anilines is 2. The van der Waals surface area contributed by atoms with E-state index in [1.165, 1.54) is 11.1 Å². The number of hydrogen-bond acceptors (Lipinski definition) is 7. The minimum absolute atomic E-state index is 0.0407. The minimum atomic E-state index is -0.0407. The van der Waals surface area contributed by atoms with Crippen LogP contribution in [0.25, 0.3) is 16.7 Å². The Morgan fingerprint density at radius 2 is 1.97 bits per heavy atom. The molecule has 36 heavy (non-hydrogen) atoms. The molecule has 0 radical (unpaired) electrons. The minimum Gasteiger partial charge on any atom is -0.324 e. The number of pyridine rings is 1. The van der Waals surface area contributed by atoms with Crippen LogP contribution >= 0.6 is 0 Å². The molecule has 9 heteroatoms. The molecule has 186 valence electrons. The summed E-state index contributed by atoms with van der Waals surface area (Å²) in [7, 11) is 0. The zero-order valence-electron chi connectivity index (χ0n) is 20.9. The molecule has 1 fully saturated rings. The van der Waals surface area contributed by atoms with Gasteiger partial charge in [-0.25, -0.2) is 14.3 Å². The predicted octanol–water partition coefficient (Wildman–Crippen LogP) is 3.54. The van der Waals surface area contributed by atoms with Crippen LogP contribution in [0, 0.1) is 0 Å². The second-order valence-corrected chi connectivity index (χ2v) is 9.63. The predicted molar refractivity (Wildman–Crippen MR) is 141 cm³/mol. The van der Waals surface area contributed by atoms with Crippen molar-refractivity contribution in [2.75, 3.05) is 25.0 Å². The lowest BCUT2D eigenvalue weighted by atomic mass is 10.0. The number of hydrogen-bond donors (Lipinski definition) is 2. The normalized spacial score (nSPS) is 15.4. The van der Waals surface area contributed by atoms with E-state index in [9.17, 15) is 4.79 Å². The lowest BCUT2D eigenvalue weighted by Gasteiger charge is -2.18. The van der Waals surface area contributed by atoms with E-state index in [1.54, 1.807) is 6.20 Å². The summed E-state index contributed by atoms with van der Waals surface area (Å²) in [4.78, 5) is 29.7. The summed E-state index contributed by atoms with van der Waals surface area (Å²) in [5, 5.41) is 7.31. The molecule has 2 N–H and O–H groups in total. The number of nitrogens with zero attached hydrogens (tertiary/aromatic N) is 6. The van der Waals surface area contributed by atoms with Gasteiger partial charge >= 0.3 is 0 Å². The van der Waals surface area contributed by atoms with Gasteiger partial charge in [0.1, 0.15) is 5.39 Å². The van der Waals surface area contributed by atoms with E-state index in [2.05, 4.69) is 63.6 Å². The number of benzene rings is 1. The SMILES string of the molecule is CCN(CC)Cc1cc(-n2c3nc(Nc4ccc5c(c4)CNCC5)ncc3c(=O)n2C2CC2)ccn1. The molecule has 0 saturated heterocycles. The van der Waals surface area contributed by atoms with Crippen molar-refractivity contribution in [3.8, 4) is 5.69 Å².